The Morgan fingerprint density at radius 3 is 2.58 bits per heavy atom. The number of rotatable bonds is 2. The van der Waals surface area contributed by atoms with Crippen LogP contribution < -0.4 is 0 Å². The fraction of sp³-hybridized carbons (Fsp3) is 0.385. The molecule has 0 saturated carbocycles. The van der Waals surface area contributed by atoms with Crippen LogP contribution in [0.5, 0.6) is 0 Å². The molecule has 0 atom stereocenters. The molecule has 0 aliphatic heterocycles. The van der Waals surface area contributed by atoms with E-state index >= 15 is 0 Å². The Balaban J connectivity index is 2.69. The molecular weight excluding hydrogens is 330 g/mol. The summed E-state index contributed by atoms with van der Waals surface area (Å²) in [5.74, 6) is 1.18. The molecule has 0 spiro atoms. The average Bonchev–Trinajstić information content (AvgIpc) is 2.75. The first-order chi connectivity index (χ1) is 8.84. The molecule has 0 amide bonds. The minimum atomic E-state index is -0.247. The molecule has 1 aromatic heterocycles. The van der Waals surface area contributed by atoms with Gasteiger partial charge in [-0.25, -0.2) is 0 Å². The zero-order valence-electron chi connectivity index (χ0n) is 11.0. The van der Waals surface area contributed by atoms with Crippen LogP contribution in [0.2, 0.25) is 5.02 Å². The molecule has 0 unspecified atom stereocenters. The summed E-state index contributed by atoms with van der Waals surface area (Å²) in [4.78, 5) is 0. The fourth-order valence-electron chi connectivity index (χ4n) is 1.97. The Labute approximate surface area is 125 Å². The number of nitrogens with zero attached hydrogens (tertiary/aromatic N) is 3. The molecule has 0 radical (unpaired) electrons. The van der Waals surface area contributed by atoms with Gasteiger partial charge in [0.15, 0.2) is 11.6 Å². The van der Waals surface area contributed by atoms with Crippen molar-refractivity contribution in [3.05, 3.63) is 33.5 Å². The van der Waals surface area contributed by atoms with Crippen molar-refractivity contribution in [1.82, 2.24) is 14.8 Å². The Hall–Kier alpha value is -0.910. The van der Waals surface area contributed by atoms with Crippen molar-refractivity contribution < 1.29 is 5.11 Å². The fourth-order valence-corrected chi connectivity index (χ4v) is 2.53. The van der Waals surface area contributed by atoms with E-state index in [-0.39, 0.29) is 12.1 Å². The SMILES string of the molecule is CC(C)(C)n1c(CO)nnc1-c1cc(Br)ccc1Cl. The zero-order valence-corrected chi connectivity index (χ0v) is 13.3. The van der Waals surface area contributed by atoms with Gasteiger partial charge >= 0.3 is 0 Å². The summed E-state index contributed by atoms with van der Waals surface area (Å²) in [5, 5.41) is 18.2. The predicted octanol–water partition coefficient (Wildman–Crippen LogP) is 3.61. The minimum absolute atomic E-state index is 0.157. The van der Waals surface area contributed by atoms with Gasteiger partial charge in [0.05, 0.1) is 5.02 Å². The normalized spacial score (nSPS) is 11.9. The highest BCUT2D eigenvalue weighted by Gasteiger charge is 2.24. The van der Waals surface area contributed by atoms with Crippen LogP contribution in [-0.2, 0) is 12.1 Å². The molecule has 2 aromatic rings. The van der Waals surface area contributed by atoms with Gasteiger partial charge in [0.1, 0.15) is 6.61 Å². The lowest BCUT2D eigenvalue weighted by atomic mass is 10.1. The maximum Gasteiger partial charge on any atom is 0.166 e. The highest BCUT2D eigenvalue weighted by Crippen LogP contribution is 2.32. The molecule has 0 fully saturated rings. The zero-order chi connectivity index (χ0) is 14.2. The van der Waals surface area contributed by atoms with Gasteiger partial charge in [0.25, 0.3) is 0 Å². The van der Waals surface area contributed by atoms with Gasteiger partial charge in [0.2, 0.25) is 0 Å². The lowest BCUT2D eigenvalue weighted by molar-refractivity contribution is 0.250. The lowest BCUT2D eigenvalue weighted by Crippen LogP contribution is -2.25. The van der Waals surface area contributed by atoms with Crippen LogP contribution >= 0.6 is 27.5 Å². The molecule has 6 heteroatoms. The van der Waals surface area contributed by atoms with Crippen LogP contribution in [0.1, 0.15) is 26.6 Å². The molecule has 2 rings (SSSR count). The molecule has 0 saturated heterocycles. The van der Waals surface area contributed by atoms with Crippen molar-refractivity contribution >= 4 is 27.5 Å². The summed E-state index contributed by atoms with van der Waals surface area (Å²) in [5.41, 5.74) is 0.542. The largest absolute Gasteiger partial charge is 0.388 e. The second kappa shape index (κ2) is 5.23. The van der Waals surface area contributed by atoms with Crippen molar-refractivity contribution in [2.24, 2.45) is 0 Å². The van der Waals surface area contributed by atoms with Crippen LogP contribution in [-0.4, -0.2) is 19.9 Å². The van der Waals surface area contributed by atoms with Gasteiger partial charge in [-0.3, -0.25) is 0 Å². The number of halogens is 2. The summed E-state index contributed by atoms with van der Waals surface area (Å²) in [6.45, 7) is 5.94. The van der Waals surface area contributed by atoms with Crippen LogP contribution in [0.15, 0.2) is 22.7 Å². The molecular formula is C13H15BrClN3O. The Bertz CT molecular complexity index is 604. The van der Waals surface area contributed by atoms with Crippen LogP contribution in [0.25, 0.3) is 11.4 Å². The molecule has 19 heavy (non-hydrogen) atoms. The molecule has 1 heterocycles. The summed E-state index contributed by atoms with van der Waals surface area (Å²) in [6.07, 6.45) is 0. The van der Waals surface area contributed by atoms with E-state index in [9.17, 15) is 5.11 Å². The first kappa shape index (κ1) is 14.5. The highest BCUT2D eigenvalue weighted by atomic mass is 79.9. The van der Waals surface area contributed by atoms with Crippen molar-refractivity contribution in [2.75, 3.05) is 0 Å². The van der Waals surface area contributed by atoms with Crippen molar-refractivity contribution in [1.29, 1.82) is 0 Å². The third-order valence-electron chi connectivity index (χ3n) is 2.71. The van der Waals surface area contributed by atoms with Crippen LogP contribution in [0, 0.1) is 0 Å². The molecule has 4 nitrogen and oxygen atoms in total. The van der Waals surface area contributed by atoms with Gasteiger partial charge < -0.3 is 9.67 Å². The molecule has 1 N–H and O–H groups in total. The molecule has 0 aliphatic rings. The smallest absolute Gasteiger partial charge is 0.166 e. The van der Waals surface area contributed by atoms with E-state index in [1.807, 2.05) is 37.5 Å². The van der Waals surface area contributed by atoms with E-state index in [0.29, 0.717) is 16.7 Å². The highest BCUT2D eigenvalue weighted by molar-refractivity contribution is 9.10. The topological polar surface area (TPSA) is 50.9 Å². The Morgan fingerprint density at radius 2 is 2.00 bits per heavy atom. The monoisotopic (exact) mass is 343 g/mol. The second-order valence-electron chi connectivity index (χ2n) is 5.23. The lowest BCUT2D eigenvalue weighted by Gasteiger charge is -2.24. The van der Waals surface area contributed by atoms with E-state index < -0.39 is 0 Å². The second-order valence-corrected chi connectivity index (χ2v) is 6.55. The first-order valence-corrected chi connectivity index (χ1v) is 7.02. The van der Waals surface area contributed by atoms with Gasteiger partial charge in [0, 0.05) is 15.6 Å². The molecule has 102 valence electrons. The predicted molar refractivity (Wildman–Crippen MR) is 79.1 cm³/mol. The van der Waals surface area contributed by atoms with Crippen LogP contribution in [0.4, 0.5) is 0 Å². The standard InChI is InChI=1S/C13H15BrClN3O/c1-13(2,3)18-11(7-19)16-17-12(18)9-6-8(14)4-5-10(9)15/h4-6,19H,7H2,1-3H3. The summed E-state index contributed by atoms with van der Waals surface area (Å²) < 4.78 is 2.82. The average molecular weight is 345 g/mol. The van der Waals surface area contributed by atoms with E-state index in [1.54, 1.807) is 6.07 Å². The van der Waals surface area contributed by atoms with Gasteiger partial charge in [-0.1, -0.05) is 27.5 Å². The number of aromatic nitrogens is 3. The third kappa shape index (κ3) is 2.83. The summed E-state index contributed by atoms with van der Waals surface area (Å²) >= 11 is 9.67. The maximum absolute atomic E-state index is 9.40. The van der Waals surface area contributed by atoms with E-state index in [2.05, 4.69) is 26.1 Å². The van der Waals surface area contributed by atoms with E-state index in [1.165, 1.54) is 0 Å². The number of benzene rings is 1. The van der Waals surface area contributed by atoms with Gasteiger partial charge in [-0.05, 0) is 39.0 Å². The summed E-state index contributed by atoms with van der Waals surface area (Å²) in [7, 11) is 0. The Kier molecular flexibility index (Phi) is 3.99. The quantitative estimate of drug-likeness (QED) is 0.905. The van der Waals surface area contributed by atoms with Crippen molar-refractivity contribution in [3.8, 4) is 11.4 Å². The van der Waals surface area contributed by atoms with Crippen molar-refractivity contribution in [3.63, 3.8) is 0 Å². The number of aliphatic hydroxyl groups excluding tert-OH is 1. The van der Waals surface area contributed by atoms with Crippen LogP contribution in [0.3, 0.4) is 0 Å². The van der Waals surface area contributed by atoms with Gasteiger partial charge in [-0.2, -0.15) is 0 Å². The van der Waals surface area contributed by atoms with Crippen molar-refractivity contribution in [2.45, 2.75) is 32.9 Å². The molecule has 1 aromatic carbocycles. The third-order valence-corrected chi connectivity index (χ3v) is 3.53. The maximum atomic E-state index is 9.40. The molecule has 0 aliphatic carbocycles. The van der Waals surface area contributed by atoms with E-state index in [0.717, 1.165) is 10.0 Å². The number of hydrogen-bond donors (Lipinski definition) is 1. The summed E-state index contributed by atoms with van der Waals surface area (Å²) in [6, 6.07) is 5.58. The molecule has 0 bridgehead atoms. The number of aliphatic hydroxyl groups is 1. The number of hydrogen-bond acceptors (Lipinski definition) is 3. The van der Waals surface area contributed by atoms with E-state index in [4.69, 9.17) is 11.6 Å². The first-order valence-electron chi connectivity index (χ1n) is 5.85. The Morgan fingerprint density at radius 1 is 1.32 bits per heavy atom. The minimum Gasteiger partial charge on any atom is -0.388 e. The van der Waals surface area contributed by atoms with Gasteiger partial charge in [-0.15, -0.1) is 10.2 Å².